The molecule has 166 valence electrons. The number of halogens is 1. The van der Waals surface area contributed by atoms with E-state index in [-0.39, 0.29) is 24.0 Å². The first-order valence-corrected chi connectivity index (χ1v) is 10.6. The molecule has 0 bridgehead atoms. The van der Waals surface area contributed by atoms with Crippen LogP contribution in [0.5, 0.6) is 11.5 Å². The maximum absolute atomic E-state index is 5.37. The minimum atomic E-state index is 0. The molecule has 1 aromatic rings. The van der Waals surface area contributed by atoms with Crippen molar-refractivity contribution in [3.8, 4) is 11.5 Å². The topological polar surface area (TPSA) is 58.1 Å². The van der Waals surface area contributed by atoms with Crippen LogP contribution in [0.15, 0.2) is 23.2 Å². The van der Waals surface area contributed by atoms with Crippen LogP contribution in [-0.2, 0) is 6.42 Å². The summed E-state index contributed by atoms with van der Waals surface area (Å²) in [5, 5.41) is 6.84. The number of benzene rings is 1. The molecule has 0 atom stereocenters. The molecule has 0 aliphatic carbocycles. The van der Waals surface area contributed by atoms with Crippen molar-refractivity contribution in [2.24, 2.45) is 4.99 Å². The van der Waals surface area contributed by atoms with Crippen molar-refractivity contribution in [1.29, 1.82) is 0 Å². The Hall–Kier alpha value is -1.22. The zero-order valence-corrected chi connectivity index (χ0v) is 20.7. The minimum absolute atomic E-state index is 0. The highest BCUT2D eigenvalue weighted by atomic mass is 127. The molecular weight excluding hydrogens is 479 g/mol. The Balaban J connectivity index is 0.00000420. The molecule has 2 rings (SSSR count). The fourth-order valence-corrected chi connectivity index (χ4v) is 3.63. The van der Waals surface area contributed by atoms with Gasteiger partial charge in [0.25, 0.3) is 0 Å². The molecule has 1 aromatic carbocycles. The van der Waals surface area contributed by atoms with E-state index < -0.39 is 0 Å². The Kier molecular flexibility index (Phi) is 13.9. The average molecular weight is 518 g/mol. The van der Waals surface area contributed by atoms with Crippen molar-refractivity contribution in [3.63, 3.8) is 0 Å². The first kappa shape index (κ1) is 25.8. The number of hydrogen-bond acceptors (Lipinski definition) is 4. The molecule has 1 heterocycles. The van der Waals surface area contributed by atoms with Gasteiger partial charge < -0.3 is 25.0 Å². The summed E-state index contributed by atoms with van der Waals surface area (Å²) in [6.45, 7) is 5.57. The van der Waals surface area contributed by atoms with Crippen molar-refractivity contribution < 1.29 is 9.47 Å². The molecule has 29 heavy (non-hydrogen) atoms. The van der Waals surface area contributed by atoms with Crippen molar-refractivity contribution >= 4 is 29.9 Å². The van der Waals surface area contributed by atoms with Crippen LogP contribution in [0.2, 0.25) is 0 Å². The fourth-order valence-electron chi connectivity index (χ4n) is 3.63. The number of aliphatic imine (C=N–C) groups is 1. The predicted octanol–water partition coefficient (Wildman–Crippen LogP) is 3.69. The first-order valence-electron chi connectivity index (χ1n) is 10.6. The van der Waals surface area contributed by atoms with Gasteiger partial charge >= 0.3 is 0 Å². The van der Waals surface area contributed by atoms with Gasteiger partial charge in [-0.3, -0.25) is 4.99 Å². The zero-order valence-electron chi connectivity index (χ0n) is 18.3. The van der Waals surface area contributed by atoms with Crippen LogP contribution in [0.4, 0.5) is 0 Å². The lowest BCUT2D eigenvalue weighted by molar-refractivity contribution is 0.282. The number of methoxy groups -OCH3 is 2. The summed E-state index contributed by atoms with van der Waals surface area (Å²) in [5.41, 5.74) is 1.25. The van der Waals surface area contributed by atoms with Gasteiger partial charge in [-0.05, 0) is 69.4 Å². The molecular formula is C22H39IN4O2. The van der Waals surface area contributed by atoms with Crippen molar-refractivity contribution in [2.45, 2.75) is 44.9 Å². The van der Waals surface area contributed by atoms with E-state index in [1.54, 1.807) is 14.2 Å². The van der Waals surface area contributed by atoms with Crippen molar-refractivity contribution in [3.05, 3.63) is 23.8 Å². The molecule has 0 amide bonds. The van der Waals surface area contributed by atoms with E-state index in [9.17, 15) is 0 Å². The van der Waals surface area contributed by atoms with Crippen LogP contribution in [0.25, 0.3) is 0 Å². The molecule has 7 heteroatoms. The third-order valence-electron chi connectivity index (χ3n) is 5.25. The molecule has 1 aliphatic heterocycles. The second kappa shape index (κ2) is 15.6. The molecule has 1 fully saturated rings. The Morgan fingerprint density at radius 3 is 2.24 bits per heavy atom. The summed E-state index contributed by atoms with van der Waals surface area (Å²) in [6.07, 6.45) is 8.69. The summed E-state index contributed by atoms with van der Waals surface area (Å²) >= 11 is 0. The van der Waals surface area contributed by atoms with Crippen LogP contribution in [0, 0.1) is 0 Å². The highest BCUT2D eigenvalue weighted by Gasteiger charge is 2.08. The van der Waals surface area contributed by atoms with Gasteiger partial charge in [0.15, 0.2) is 17.5 Å². The maximum atomic E-state index is 5.37. The standard InChI is InChI=1S/C22H38N4O2.HI/c1-23-22(25-14-9-17-26-15-6-4-5-7-16-26)24-13-8-10-19-11-12-20(27-2)21(18-19)28-3;/h11-12,18H,4-10,13-17H2,1-3H3,(H2,23,24,25);1H. The lowest BCUT2D eigenvalue weighted by Gasteiger charge is -2.20. The number of likely N-dealkylation sites (tertiary alicyclic amines) is 1. The van der Waals surface area contributed by atoms with Gasteiger partial charge in [0, 0.05) is 20.1 Å². The number of nitrogens with one attached hydrogen (secondary N) is 2. The average Bonchev–Trinajstić information content (AvgIpc) is 3.01. The highest BCUT2D eigenvalue weighted by molar-refractivity contribution is 14.0. The van der Waals surface area contributed by atoms with E-state index in [4.69, 9.17) is 9.47 Å². The van der Waals surface area contributed by atoms with Gasteiger partial charge in [-0.15, -0.1) is 24.0 Å². The quantitative estimate of drug-likeness (QED) is 0.214. The van der Waals surface area contributed by atoms with Crippen LogP contribution >= 0.6 is 24.0 Å². The van der Waals surface area contributed by atoms with Crippen LogP contribution in [-0.4, -0.2) is 64.9 Å². The number of hydrogen-bond donors (Lipinski definition) is 2. The van der Waals surface area contributed by atoms with E-state index >= 15 is 0 Å². The Morgan fingerprint density at radius 2 is 1.62 bits per heavy atom. The van der Waals surface area contributed by atoms with Crippen LogP contribution in [0.3, 0.4) is 0 Å². The fraction of sp³-hybridized carbons (Fsp3) is 0.682. The van der Waals surface area contributed by atoms with Crippen molar-refractivity contribution in [2.75, 3.05) is 54.0 Å². The molecule has 6 nitrogen and oxygen atoms in total. The van der Waals surface area contributed by atoms with Gasteiger partial charge in [-0.1, -0.05) is 18.9 Å². The molecule has 0 aromatic heterocycles. The second-order valence-corrected chi connectivity index (χ2v) is 7.33. The normalized spacial score (nSPS) is 15.2. The number of aryl methyl sites for hydroxylation is 1. The SMILES string of the molecule is CN=C(NCCCc1ccc(OC)c(OC)c1)NCCCN1CCCCCC1.I. The second-order valence-electron chi connectivity index (χ2n) is 7.33. The van der Waals surface area contributed by atoms with E-state index in [1.165, 1.54) is 50.9 Å². The van der Waals surface area contributed by atoms with Gasteiger partial charge in [0.05, 0.1) is 14.2 Å². The molecule has 2 N–H and O–H groups in total. The highest BCUT2D eigenvalue weighted by Crippen LogP contribution is 2.27. The molecule has 0 radical (unpaired) electrons. The summed E-state index contributed by atoms with van der Waals surface area (Å²) in [6, 6.07) is 6.11. The van der Waals surface area contributed by atoms with E-state index in [0.29, 0.717) is 0 Å². The molecule has 0 spiro atoms. The van der Waals surface area contributed by atoms with E-state index in [1.807, 2.05) is 13.1 Å². The lowest BCUT2D eigenvalue weighted by Crippen LogP contribution is -2.39. The maximum Gasteiger partial charge on any atom is 0.190 e. The third-order valence-corrected chi connectivity index (χ3v) is 5.25. The Labute approximate surface area is 193 Å². The van der Waals surface area contributed by atoms with E-state index in [2.05, 4.69) is 32.7 Å². The molecule has 0 saturated carbocycles. The van der Waals surface area contributed by atoms with Gasteiger partial charge in [-0.2, -0.15) is 0 Å². The Bertz CT molecular complexity index is 590. The zero-order chi connectivity index (χ0) is 20.0. The smallest absolute Gasteiger partial charge is 0.190 e. The number of nitrogens with zero attached hydrogens (tertiary/aromatic N) is 2. The van der Waals surface area contributed by atoms with E-state index in [0.717, 1.165) is 49.8 Å². The summed E-state index contributed by atoms with van der Waals surface area (Å²) in [7, 11) is 5.16. The number of guanidine groups is 1. The van der Waals surface area contributed by atoms with Gasteiger partial charge in [0.2, 0.25) is 0 Å². The monoisotopic (exact) mass is 518 g/mol. The number of rotatable bonds is 10. The number of ether oxygens (including phenoxy) is 2. The van der Waals surface area contributed by atoms with Crippen molar-refractivity contribution in [1.82, 2.24) is 15.5 Å². The van der Waals surface area contributed by atoms with Gasteiger partial charge in [-0.25, -0.2) is 0 Å². The molecule has 0 unspecified atom stereocenters. The van der Waals surface area contributed by atoms with Crippen LogP contribution < -0.4 is 20.1 Å². The Morgan fingerprint density at radius 1 is 0.966 bits per heavy atom. The minimum Gasteiger partial charge on any atom is -0.493 e. The summed E-state index contributed by atoms with van der Waals surface area (Å²) in [5.74, 6) is 2.45. The van der Waals surface area contributed by atoms with Crippen LogP contribution in [0.1, 0.15) is 44.1 Å². The third kappa shape index (κ3) is 9.89. The summed E-state index contributed by atoms with van der Waals surface area (Å²) < 4.78 is 10.7. The summed E-state index contributed by atoms with van der Waals surface area (Å²) in [4.78, 5) is 6.93. The predicted molar refractivity (Wildman–Crippen MR) is 132 cm³/mol. The first-order chi connectivity index (χ1) is 13.8. The molecule has 1 saturated heterocycles. The largest absolute Gasteiger partial charge is 0.493 e. The van der Waals surface area contributed by atoms with Gasteiger partial charge in [0.1, 0.15) is 0 Å². The lowest BCUT2D eigenvalue weighted by atomic mass is 10.1. The molecule has 1 aliphatic rings.